The Labute approximate surface area is 122 Å². The average molecular weight is 275 g/mol. The lowest BCUT2D eigenvalue weighted by molar-refractivity contribution is -0.104. The topological polar surface area (TPSA) is 49.9 Å². The highest BCUT2D eigenvalue weighted by Crippen LogP contribution is 2.34. The van der Waals surface area contributed by atoms with E-state index in [1.807, 2.05) is 60.7 Å². The third-order valence-corrected chi connectivity index (χ3v) is 3.38. The molecule has 0 saturated heterocycles. The van der Waals surface area contributed by atoms with Crippen LogP contribution in [0.3, 0.4) is 0 Å². The van der Waals surface area contributed by atoms with E-state index in [1.54, 1.807) is 6.20 Å². The van der Waals surface area contributed by atoms with Crippen LogP contribution in [0.15, 0.2) is 66.9 Å². The zero-order valence-corrected chi connectivity index (χ0v) is 11.2. The zero-order chi connectivity index (χ0) is 14.7. The van der Waals surface area contributed by atoms with Crippen LogP contribution in [0.2, 0.25) is 0 Å². The highest BCUT2D eigenvalue weighted by atomic mass is 16.2. The van der Waals surface area contributed by atoms with Gasteiger partial charge in [-0.1, -0.05) is 60.7 Å². The number of Topliss-reactive ketones (excluding diaryl/α,β-unsaturated/α-hetero) is 1. The van der Waals surface area contributed by atoms with Crippen molar-refractivity contribution in [1.82, 2.24) is 4.98 Å². The molecule has 0 fully saturated rings. The molecular formula is C18H13NO2. The van der Waals surface area contributed by atoms with E-state index in [0.717, 1.165) is 22.3 Å². The molecule has 2 aromatic carbocycles. The van der Waals surface area contributed by atoms with E-state index < -0.39 is 5.78 Å². The quantitative estimate of drug-likeness (QED) is 0.448. The number of hydrogen-bond donors (Lipinski definition) is 1. The number of hydrogen-bond acceptors (Lipinski definition) is 2. The fourth-order valence-electron chi connectivity index (χ4n) is 2.43. The Morgan fingerprint density at radius 3 is 2.00 bits per heavy atom. The smallest absolute Gasteiger partial charge is 0.242 e. The molecule has 3 rings (SSSR count). The van der Waals surface area contributed by atoms with Crippen LogP contribution >= 0.6 is 0 Å². The molecule has 21 heavy (non-hydrogen) atoms. The fourth-order valence-corrected chi connectivity index (χ4v) is 2.43. The Hall–Kier alpha value is -2.94. The fraction of sp³-hybridized carbons (Fsp3) is 0. The van der Waals surface area contributed by atoms with Crippen LogP contribution in [0, 0.1) is 0 Å². The molecule has 3 aromatic rings. The van der Waals surface area contributed by atoms with Crippen molar-refractivity contribution in [3.05, 3.63) is 72.6 Å². The van der Waals surface area contributed by atoms with Crippen molar-refractivity contribution in [2.24, 2.45) is 0 Å². The molecule has 0 aliphatic heterocycles. The van der Waals surface area contributed by atoms with Gasteiger partial charge in [-0.25, -0.2) is 0 Å². The maximum Gasteiger partial charge on any atom is 0.242 e. The van der Waals surface area contributed by atoms with Gasteiger partial charge in [0.1, 0.15) is 0 Å². The van der Waals surface area contributed by atoms with E-state index in [9.17, 15) is 9.59 Å². The van der Waals surface area contributed by atoms with Crippen molar-refractivity contribution in [3.8, 4) is 22.3 Å². The van der Waals surface area contributed by atoms with Gasteiger partial charge in [-0.2, -0.15) is 0 Å². The monoisotopic (exact) mass is 275 g/mol. The summed E-state index contributed by atoms with van der Waals surface area (Å²) in [5, 5.41) is 0. The van der Waals surface area contributed by atoms with E-state index in [-0.39, 0.29) is 0 Å². The van der Waals surface area contributed by atoms with Crippen LogP contribution in [-0.2, 0) is 4.79 Å². The van der Waals surface area contributed by atoms with Crippen LogP contribution < -0.4 is 0 Å². The van der Waals surface area contributed by atoms with Gasteiger partial charge in [0.15, 0.2) is 6.29 Å². The van der Waals surface area contributed by atoms with Crippen LogP contribution in [-0.4, -0.2) is 17.1 Å². The van der Waals surface area contributed by atoms with Crippen molar-refractivity contribution in [1.29, 1.82) is 0 Å². The number of carbonyl (C=O) groups excluding carboxylic acids is 2. The summed E-state index contributed by atoms with van der Waals surface area (Å²) in [6, 6.07) is 19.4. The first kappa shape index (κ1) is 13.1. The van der Waals surface area contributed by atoms with Crippen molar-refractivity contribution in [2.45, 2.75) is 0 Å². The van der Waals surface area contributed by atoms with Gasteiger partial charge in [0.05, 0.1) is 5.69 Å². The van der Waals surface area contributed by atoms with E-state index in [0.29, 0.717) is 12.0 Å². The SMILES string of the molecule is O=CC(=O)c1[nH]cc(-c2ccccc2)c1-c1ccccc1. The van der Waals surface area contributed by atoms with Crippen LogP contribution in [0.4, 0.5) is 0 Å². The Bertz CT molecular complexity index is 773. The molecule has 0 radical (unpaired) electrons. The highest BCUT2D eigenvalue weighted by molar-refractivity contribution is 6.34. The van der Waals surface area contributed by atoms with Crippen LogP contribution in [0.5, 0.6) is 0 Å². The maximum absolute atomic E-state index is 11.9. The Balaban J connectivity index is 2.25. The molecule has 0 aliphatic rings. The number of H-pyrrole nitrogens is 1. The summed E-state index contributed by atoms with van der Waals surface area (Å²) in [5.41, 5.74) is 3.90. The molecule has 1 heterocycles. The summed E-state index contributed by atoms with van der Waals surface area (Å²) < 4.78 is 0. The van der Waals surface area contributed by atoms with Gasteiger partial charge in [0, 0.05) is 17.3 Å². The number of aldehydes is 1. The van der Waals surface area contributed by atoms with Gasteiger partial charge in [-0.3, -0.25) is 9.59 Å². The second kappa shape index (κ2) is 5.59. The Kier molecular flexibility index (Phi) is 3.48. The summed E-state index contributed by atoms with van der Waals surface area (Å²) in [6.45, 7) is 0. The molecule has 0 bridgehead atoms. The molecule has 0 aliphatic carbocycles. The number of ketones is 1. The molecule has 0 spiro atoms. The lowest BCUT2D eigenvalue weighted by atomic mass is 9.96. The van der Waals surface area contributed by atoms with E-state index in [1.165, 1.54) is 0 Å². The molecule has 1 N–H and O–H groups in total. The first-order chi connectivity index (χ1) is 10.3. The lowest BCUT2D eigenvalue weighted by Gasteiger charge is -2.06. The minimum absolute atomic E-state index is 0.329. The third kappa shape index (κ3) is 2.41. The summed E-state index contributed by atoms with van der Waals surface area (Å²) >= 11 is 0. The third-order valence-electron chi connectivity index (χ3n) is 3.38. The van der Waals surface area contributed by atoms with E-state index >= 15 is 0 Å². The number of rotatable bonds is 4. The number of aromatic amines is 1. The van der Waals surface area contributed by atoms with Gasteiger partial charge in [0.2, 0.25) is 5.78 Å². The Morgan fingerprint density at radius 1 is 0.857 bits per heavy atom. The molecule has 0 atom stereocenters. The molecule has 1 aromatic heterocycles. The van der Waals surface area contributed by atoms with Crippen LogP contribution in [0.25, 0.3) is 22.3 Å². The van der Waals surface area contributed by atoms with Crippen molar-refractivity contribution in [3.63, 3.8) is 0 Å². The minimum Gasteiger partial charge on any atom is -0.357 e. The second-order valence-corrected chi connectivity index (χ2v) is 4.67. The largest absolute Gasteiger partial charge is 0.357 e. The molecule has 0 amide bonds. The summed E-state index contributed by atoms with van der Waals surface area (Å²) in [4.78, 5) is 25.7. The first-order valence-electron chi connectivity index (χ1n) is 6.63. The van der Waals surface area contributed by atoms with E-state index in [2.05, 4.69) is 4.98 Å². The summed E-state index contributed by atoms with van der Waals surface area (Å²) in [5.74, 6) is -0.545. The number of benzene rings is 2. The van der Waals surface area contributed by atoms with Crippen molar-refractivity contribution < 1.29 is 9.59 Å². The molecule has 0 unspecified atom stereocenters. The van der Waals surface area contributed by atoms with Crippen LogP contribution in [0.1, 0.15) is 10.5 Å². The molecule has 102 valence electrons. The second-order valence-electron chi connectivity index (χ2n) is 4.67. The van der Waals surface area contributed by atoms with Gasteiger partial charge < -0.3 is 4.98 Å². The molecule has 3 heteroatoms. The summed E-state index contributed by atoms with van der Waals surface area (Å²) in [7, 11) is 0. The maximum atomic E-state index is 11.9. The van der Waals surface area contributed by atoms with Crippen molar-refractivity contribution >= 4 is 12.1 Å². The average Bonchev–Trinajstić information content (AvgIpc) is 3.00. The van der Waals surface area contributed by atoms with Gasteiger partial charge in [0.25, 0.3) is 0 Å². The molecule has 0 saturated carbocycles. The van der Waals surface area contributed by atoms with Gasteiger partial charge in [-0.15, -0.1) is 0 Å². The highest BCUT2D eigenvalue weighted by Gasteiger charge is 2.19. The minimum atomic E-state index is -0.545. The number of aromatic nitrogens is 1. The number of carbonyl (C=O) groups is 2. The zero-order valence-electron chi connectivity index (χ0n) is 11.2. The lowest BCUT2D eigenvalue weighted by Crippen LogP contribution is -2.02. The predicted octanol–water partition coefficient (Wildman–Crippen LogP) is 3.73. The molecular weight excluding hydrogens is 262 g/mol. The first-order valence-corrected chi connectivity index (χ1v) is 6.63. The van der Waals surface area contributed by atoms with Gasteiger partial charge >= 0.3 is 0 Å². The van der Waals surface area contributed by atoms with E-state index in [4.69, 9.17) is 0 Å². The van der Waals surface area contributed by atoms with Gasteiger partial charge in [-0.05, 0) is 11.1 Å². The Morgan fingerprint density at radius 2 is 1.43 bits per heavy atom. The predicted molar refractivity (Wildman–Crippen MR) is 82.1 cm³/mol. The molecule has 3 nitrogen and oxygen atoms in total. The summed E-state index contributed by atoms with van der Waals surface area (Å²) in [6.07, 6.45) is 2.11. The number of nitrogens with one attached hydrogen (secondary N) is 1. The normalized spacial score (nSPS) is 10.3. The van der Waals surface area contributed by atoms with Crippen molar-refractivity contribution in [2.75, 3.05) is 0 Å². The standard InChI is InChI=1S/C18H13NO2/c20-12-16(21)18-17(14-9-5-2-6-10-14)15(11-19-18)13-7-3-1-4-8-13/h1-12,19H.